The highest BCUT2D eigenvalue weighted by Gasteiger charge is 2.17. The Hall–Kier alpha value is -1.51. The highest BCUT2D eigenvalue weighted by Crippen LogP contribution is 2.24. The Bertz CT molecular complexity index is 547. The monoisotopic (exact) mass is 245 g/mol. The molecule has 2 rings (SSSR count). The standard InChI is InChI=1S/C15H23N3/c1-6-8-12-14(17-15(3,4)5)18-10-7-9-11(2)13(18)16-12/h7,9-10,17H,6,8H2,1-5H3. The number of imidazole rings is 1. The van der Waals surface area contributed by atoms with Crippen LogP contribution in [0.2, 0.25) is 0 Å². The maximum atomic E-state index is 4.79. The van der Waals surface area contributed by atoms with Gasteiger partial charge in [0.05, 0.1) is 5.69 Å². The summed E-state index contributed by atoms with van der Waals surface area (Å²) >= 11 is 0. The molecule has 0 aromatic carbocycles. The van der Waals surface area contributed by atoms with Gasteiger partial charge in [-0.25, -0.2) is 4.98 Å². The van der Waals surface area contributed by atoms with Crippen molar-refractivity contribution >= 4 is 11.5 Å². The lowest BCUT2D eigenvalue weighted by molar-refractivity contribution is 0.627. The summed E-state index contributed by atoms with van der Waals surface area (Å²) in [5.74, 6) is 1.14. The lowest BCUT2D eigenvalue weighted by Gasteiger charge is -2.22. The fourth-order valence-corrected chi connectivity index (χ4v) is 2.15. The number of nitrogens with one attached hydrogen (secondary N) is 1. The van der Waals surface area contributed by atoms with Crippen LogP contribution in [0.4, 0.5) is 5.82 Å². The summed E-state index contributed by atoms with van der Waals surface area (Å²) in [4.78, 5) is 4.79. The Labute approximate surface area is 109 Å². The van der Waals surface area contributed by atoms with Crippen LogP contribution in [-0.2, 0) is 6.42 Å². The van der Waals surface area contributed by atoms with Crippen LogP contribution in [0.5, 0.6) is 0 Å². The van der Waals surface area contributed by atoms with E-state index in [-0.39, 0.29) is 5.54 Å². The molecule has 3 heteroatoms. The van der Waals surface area contributed by atoms with Crippen LogP contribution in [0.1, 0.15) is 45.4 Å². The molecule has 0 amide bonds. The number of pyridine rings is 1. The topological polar surface area (TPSA) is 29.3 Å². The average molecular weight is 245 g/mol. The second kappa shape index (κ2) is 4.63. The fraction of sp³-hybridized carbons (Fsp3) is 0.533. The zero-order chi connectivity index (χ0) is 13.3. The third kappa shape index (κ3) is 2.50. The van der Waals surface area contributed by atoms with Gasteiger partial charge in [0, 0.05) is 11.7 Å². The van der Waals surface area contributed by atoms with Crippen molar-refractivity contribution in [2.75, 3.05) is 5.32 Å². The zero-order valence-corrected chi connectivity index (χ0v) is 12.0. The minimum atomic E-state index is 0.0439. The van der Waals surface area contributed by atoms with Gasteiger partial charge in [0.15, 0.2) is 0 Å². The molecule has 0 spiro atoms. The van der Waals surface area contributed by atoms with Gasteiger partial charge in [0.2, 0.25) is 0 Å². The van der Waals surface area contributed by atoms with E-state index in [1.165, 1.54) is 11.3 Å². The maximum Gasteiger partial charge on any atom is 0.141 e. The van der Waals surface area contributed by atoms with Crippen molar-refractivity contribution in [1.82, 2.24) is 9.38 Å². The van der Waals surface area contributed by atoms with Gasteiger partial charge >= 0.3 is 0 Å². The van der Waals surface area contributed by atoms with E-state index in [1.54, 1.807) is 0 Å². The lowest BCUT2D eigenvalue weighted by Crippen LogP contribution is -2.27. The second-order valence-electron chi connectivity index (χ2n) is 5.92. The fourth-order valence-electron chi connectivity index (χ4n) is 2.15. The molecule has 98 valence electrons. The van der Waals surface area contributed by atoms with Crippen molar-refractivity contribution in [2.45, 2.75) is 53.0 Å². The molecule has 0 atom stereocenters. The molecule has 0 aliphatic carbocycles. The molecule has 0 aliphatic heterocycles. The van der Waals surface area contributed by atoms with Crippen molar-refractivity contribution in [3.63, 3.8) is 0 Å². The molecular formula is C15H23N3. The molecule has 0 fully saturated rings. The van der Waals surface area contributed by atoms with Crippen LogP contribution in [-0.4, -0.2) is 14.9 Å². The molecule has 2 heterocycles. The smallest absolute Gasteiger partial charge is 0.141 e. The van der Waals surface area contributed by atoms with Crippen molar-refractivity contribution in [2.24, 2.45) is 0 Å². The predicted molar refractivity (Wildman–Crippen MR) is 77.3 cm³/mol. The average Bonchev–Trinajstić information content (AvgIpc) is 2.58. The van der Waals surface area contributed by atoms with Crippen LogP contribution in [0.25, 0.3) is 5.65 Å². The van der Waals surface area contributed by atoms with Crippen molar-refractivity contribution in [3.05, 3.63) is 29.6 Å². The first kappa shape index (κ1) is 12.9. The lowest BCUT2D eigenvalue weighted by atomic mass is 10.1. The first-order valence-electron chi connectivity index (χ1n) is 6.67. The first-order valence-corrected chi connectivity index (χ1v) is 6.67. The first-order chi connectivity index (χ1) is 8.42. The Morgan fingerprint density at radius 3 is 2.67 bits per heavy atom. The largest absolute Gasteiger partial charge is 0.365 e. The summed E-state index contributed by atoms with van der Waals surface area (Å²) in [5, 5.41) is 3.59. The van der Waals surface area contributed by atoms with Crippen molar-refractivity contribution in [3.8, 4) is 0 Å². The van der Waals surface area contributed by atoms with Crippen molar-refractivity contribution in [1.29, 1.82) is 0 Å². The third-order valence-electron chi connectivity index (χ3n) is 2.90. The van der Waals surface area contributed by atoms with Crippen molar-refractivity contribution < 1.29 is 0 Å². The Morgan fingerprint density at radius 1 is 1.33 bits per heavy atom. The highest BCUT2D eigenvalue weighted by atomic mass is 15.2. The molecule has 1 N–H and O–H groups in total. The number of aryl methyl sites for hydroxylation is 2. The molecule has 3 nitrogen and oxygen atoms in total. The molecule has 0 saturated carbocycles. The van der Waals surface area contributed by atoms with E-state index in [9.17, 15) is 0 Å². The SMILES string of the molecule is CCCc1nc2c(C)cccn2c1NC(C)(C)C. The number of aromatic nitrogens is 2. The van der Waals surface area contributed by atoms with E-state index in [0.717, 1.165) is 24.3 Å². The molecule has 2 aromatic heterocycles. The molecule has 0 bridgehead atoms. The van der Waals surface area contributed by atoms with Gasteiger partial charge in [-0.3, -0.25) is 4.40 Å². The maximum absolute atomic E-state index is 4.79. The summed E-state index contributed by atoms with van der Waals surface area (Å²) in [6.07, 6.45) is 4.21. The van der Waals surface area contributed by atoms with E-state index in [4.69, 9.17) is 4.98 Å². The Morgan fingerprint density at radius 2 is 2.06 bits per heavy atom. The third-order valence-corrected chi connectivity index (χ3v) is 2.90. The van der Waals surface area contributed by atoms with Crippen LogP contribution in [0.3, 0.4) is 0 Å². The number of anilines is 1. The van der Waals surface area contributed by atoms with E-state index in [2.05, 4.69) is 62.7 Å². The van der Waals surface area contributed by atoms with Gasteiger partial charge in [-0.05, 0) is 45.7 Å². The van der Waals surface area contributed by atoms with Crippen LogP contribution in [0, 0.1) is 6.92 Å². The summed E-state index contributed by atoms with van der Waals surface area (Å²) < 4.78 is 2.17. The number of nitrogens with zero attached hydrogens (tertiary/aromatic N) is 2. The van der Waals surface area contributed by atoms with Gasteiger partial charge in [-0.15, -0.1) is 0 Å². The zero-order valence-electron chi connectivity index (χ0n) is 12.0. The van der Waals surface area contributed by atoms with Gasteiger partial charge in [-0.1, -0.05) is 19.4 Å². The van der Waals surface area contributed by atoms with Crippen LogP contribution >= 0.6 is 0 Å². The summed E-state index contributed by atoms with van der Waals surface area (Å²) in [6.45, 7) is 10.8. The molecule has 0 aliphatic rings. The summed E-state index contributed by atoms with van der Waals surface area (Å²) in [7, 11) is 0. The van der Waals surface area contributed by atoms with Crippen LogP contribution < -0.4 is 5.32 Å². The normalized spacial score (nSPS) is 12.1. The number of fused-ring (bicyclic) bond motifs is 1. The molecule has 0 unspecified atom stereocenters. The van der Waals surface area contributed by atoms with E-state index in [1.807, 2.05) is 0 Å². The highest BCUT2D eigenvalue weighted by molar-refractivity contribution is 5.59. The molecule has 0 radical (unpaired) electrons. The van der Waals surface area contributed by atoms with Gasteiger partial charge in [0.1, 0.15) is 11.5 Å². The quantitative estimate of drug-likeness (QED) is 0.891. The van der Waals surface area contributed by atoms with E-state index < -0.39 is 0 Å². The van der Waals surface area contributed by atoms with E-state index in [0.29, 0.717) is 0 Å². The minimum Gasteiger partial charge on any atom is -0.365 e. The van der Waals surface area contributed by atoms with Crippen LogP contribution in [0.15, 0.2) is 18.3 Å². The minimum absolute atomic E-state index is 0.0439. The van der Waals surface area contributed by atoms with Gasteiger partial charge in [0.25, 0.3) is 0 Å². The number of hydrogen-bond acceptors (Lipinski definition) is 2. The van der Waals surface area contributed by atoms with Gasteiger partial charge in [-0.2, -0.15) is 0 Å². The number of hydrogen-bond donors (Lipinski definition) is 1. The number of rotatable bonds is 3. The Balaban J connectivity index is 2.59. The molecule has 0 saturated heterocycles. The second-order valence-corrected chi connectivity index (χ2v) is 5.92. The molecule has 2 aromatic rings. The molecular weight excluding hydrogens is 222 g/mol. The summed E-state index contributed by atoms with van der Waals surface area (Å²) in [5.41, 5.74) is 3.49. The summed E-state index contributed by atoms with van der Waals surface area (Å²) in [6, 6.07) is 4.19. The Kier molecular flexibility index (Phi) is 3.33. The van der Waals surface area contributed by atoms with E-state index >= 15 is 0 Å². The molecule has 18 heavy (non-hydrogen) atoms. The van der Waals surface area contributed by atoms with Gasteiger partial charge < -0.3 is 5.32 Å². The predicted octanol–water partition coefficient (Wildman–Crippen LogP) is 3.81.